The summed E-state index contributed by atoms with van der Waals surface area (Å²) in [6.07, 6.45) is -3.67. The zero-order chi connectivity index (χ0) is 18.6. The molecule has 2 aromatic carbocycles. The lowest BCUT2D eigenvalue weighted by Crippen LogP contribution is -2.04. The van der Waals surface area contributed by atoms with E-state index < -0.39 is 24.1 Å². The van der Waals surface area contributed by atoms with Crippen molar-refractivity contribution >= 4 is 11.9 Å². The van der Waals surface area contributed by atoms with Crippen LogP contribution in [0.25, 0.3) is 11.1 Å². The molecule has 0 heterocycles. The van der Waals surface area contributed by atoms with Crippen LogP contribution in [0.3, 0.4) is 0 Å². The molecular formula is C18H13F3O4. The van der Waals surface area contributed by atoms with E-state index in [4.69, 9.17) is 5.11 Å². The van der Waals surface area contributed by atoms with E-state index in [1.54, 1.807) is 5.94 Å². The Hall–Kier alpha value is -3.05. The fraction of sp³-hybridized carbons (Fsp3) is 0.167. The normalized spacial score (nSPS) is 11.0. The van der Waals surface area contributed by atoms with E-state index in [2.05, 4.69) is 0 Å². The van der Waals surface area contributed by atoms with Crippen molar-refractivity contribution in [1.29, 1.82) is 0 Å². The SMILES string of the molecule is O=C=CCc1ccc(CC(=O)O)c(O)c1-c1ccc(C(F)(F)F)cc1. The van der Waals surface area contributed by atoms with E-state index in [9.17, 15) is 27.9 Å². The number of aliphatic carboxylic acids is 1. The van der Waals surface area contributed by atoms with Crippen LogP contribution < -0.4 is 0 Å². The molecule has 0 saturated heterocycles. The molecule has 0 fully saturated rings. The molecule has 0 spiro atoms. The van der Waals surface area contributed by atoms with E-state index in [-0.39, 0.29) is 28.9 Å². The Morgan fingerprint density at radius 2 is 1.68 bits per heavy atom. The quantitative estimate of drug-likeness (QED) is 0.808. The fourth-order valence-corrected chi connectivity index (χ4v) is 2.45. The van der Waals surface area contributed by atoms with Gasteiger partial charge < -0.3 is 10.2 Å². The van der Waals surface area contributed by atoms with Gasteiger partial charge in [0.05, 0.1) is 12.0 Å². The van der Waals surface area contributed by atoms with Gasteiger partial charge >= 0.3 is 12.1 Å². The van der Waals surface area contributed by atoms with Crippen LogP contribution in [0.15, 0.2) is 42.5 Å². The summed E-state index contributed by atoms with van der Waals surface area (Å²) in [4.78, 5) is 21.3. The Bertz CT molecular complexity index is 833. The zero-order valence-corrected chi connectivity index (χ0v) is 12.8. The van der Waals surface area contributed by atoms with E-state index in [1.165, 1.54) is 30.3 Å². The molecule has 0 aliphatic heterocycles. The molecule has 0 saturated carbocycles. The molecule has 7 heteroatoms. The number of rotatable bonds is 5. The fourth-order valence-electron chi connectivity index (χ4n) is 2.45. The van der Waals surface area contributed by atoms with E-state index >= 15 is 0 Å². The van der Waals surface area contributed by atoms with Crippen molar-refractivity contribution in [2.75, 3.05) is 0 Å². The molecule has 0 aromatic heterocycles. The van der Waals surface area contributed by atoms with Crippen LogP contribution in [0.5, 0.6) is 5.75 Å². The molecule has 0 radical (unpaired) electrons. The second-order valence-corrected chi connectivity index (χ2v) is 5.28. The van der Waals surface area contributed by atoms with Gasteiger partial charge in [-0.2, -0.15) is 13.2 Å². The lowest BCUT2D eigenvalue weighted by molar-refractivity contribution is -0.138. The third-order valence-corrected chi connectivity index (χ3v) is 3.60. The number of aromatic hydroxyl groups is 1. The van der Waals surface area contributed by atoms with Gasteiger partial charge in [0.2, 0.25) is 0 Å². The van der Waals surface area contributed by atoms with Crippen molar-refractivity contribution < 1.29 is 33.0 Å². The molecule has 4 nitrogen and oxygen atoms in total. The second-order valence-electron chi connectivity index (χ2n) is 5.28. The maximum absolute atomic E-state index is 12.7. The van der Waals surface area contributed by atoms with Crippen LogP contribution in [-0.4, -0.2) is 22.1 Å². The van der Waals surface area contributed by atoms with Crippen molar-refractivity contribution in [2.45, 2.75) is 19.0 Å². The molecule has 0 amide bonds. The van der Waals surface area contributed by atoms with E-state index in [0.717, 1.165) is 12.1 Å². The number of benzene rings is 2. The average Bonchev–Trinajstić information content (AvgIpc) is 2.54. The van der Waals surface area contributed by atoms with Gasteiger partial charge in [-0.05, 0) is 23.3 Å². The minimum Gasteiger partial charge on any atom is -0.507 e. The number of phenolic OH excluding ortho intramolecular Hbond substituents is 1. The van der Waals surface area contributed by atoms with Gasteiger partial charge in [0.15, 0.2) is 0 Å². The Morgan fingerprint density at radius 3 is 2.20 bits per heavy atom. The van der Waals surface area contributed by atoms with Gasteiger partial charge in [0.1, 0.15) is 11.7 Å². The Labute approximate surface area is 140 Å². The number of phenols is 1. The minimum absolute atomic E-state index is 0.0980. The lowest BCUT2D eigenvalue weighted by Gasteiger charge is -2.15. The third-order valence-electron chi connectivity index (χ3n) is 3.60. The van der Waals surface area contributed by atoms with Gasteiger partial charge in [-0.15, -0.1) is 0 Å². The third kappa shape index (κ3) is 4.28. The summed E-state index contributed by atoms with van der Waals surface area (Å²) in [5, 5.41) is 19.3. The van der Waals surface area contributed by atoms with Gasteiger partial charge in [-0.1, -0.05) is 24.3 Å². The summed E-state index contributed by atoms with van der Waals surface area (Å²) in [5.74, 6) is 0.0982. The number of halogens is 3. The predicted octanol–water partition coefficient (Wildman–Crippen LogP) is 3.64. The Morgan fingerprint density at radius 1 is 1.08 bits per heavy atom. The highest BCUT2D eigenvalue weighted by Gasteiger charge is 2.30. The van der Waals surface area contributed by atoms with Crippen molar-refractivity contribution in [2.24, 2.45) is 0 Å². The summed E-state index contributed by atoms with van der Waals surface area (Å²) in [7, 11) is 0. The molecule has 0 unspecified atom stereocenters. The molecule has 25 heavy (non-hydrogen) atoms. The maximum Gasteiger partial charge on any atom is 0.416 e. The molecule has 0 aliphatic rings. The van der Waals surface area contributed by atoms with Gasteiger partial charge in [0, 0.05) is 23.6 Å². The Kier molecular flexibility index (Phi) is 5.29. The topological polar surface area (TPSA) is 74.6 Å². The zero-order valence-electron chi connectivity index (χ0n) is 12.8. The monoisotopic (exact) mass is 350 g/mol. The highest BCUT2D eigenvalue weighted by Crippen LogP contribution is 2.38. The largest absolute Gasteiger partial charge is 0.507 e. The minimum atomic E-state index is -4.49. The first-order valence-corrected chi connectivity index (χ1v) is 7.16. The first kappa shape index (κ1) is 18.3. The van der Waals surface area contributed by atoms with E-state index in [0.29, 0.717) is 5.56 Å². The number of carboxylic acid groups (broad SMARTS) is 1. The molecule has 2 N–H and O–H groups in total. The number of hydrogen-bond donors (Lipinski definition) is 2. The summed E-state index contributed by atoms with van der Waals surface area (Å²) in [5.41, 5.74) is 0.230. The summed E-state index contributed by atoms with van der Waals surface area (Å²) in [6.45, 7) is 0. The summed E-state index contributed by atoms with van der Waals surface area (Å²) in [6, 6.07) is 7.06. The average molecular weight is 350 g/mol. The molecule has 0 aliphatic carbocycles. The van der Waals surface area contributed by atoms with Crippen LogP contribution in [0.4, 0.5) is 13.2 Å². The standard InChI is InChI=1S/C18H13F3O4/c19-18(20,21)14-7-5-12(6-8-14)16-11(2-1-9-22)3-4-13(17(16)25)10-15(23)24/h1,3-8,25H,2,10H2,(H,23,24). The highest BCUT2D eigenvalue weighted by molar-refractivity contribution is 5.79. The van der Waals surface area contributed by atoms with Gasteiger partial charge in [-0.25, -0.2) is 4.79 Å². The van der Waals surface area contributed by atoms with Crippen molar-refractivity contribution in [3.63, 3.8) is 0 Å². The first-order valence-electron chi connectivity index (χ1n) is 7.16. The number of allylic oxidation sites excluding steroid dienone is 1. The molecule has 2 rings (SSSR count). The van der Waals surface area contributed by atoms with Gasteiger partial charge in [0.25, 0.3) is 0 Å². The van der Waals surface area contributed by atoms with Crippen molar-refractivity contribution in [3.05, 3.63) is 59.2 Å². The van der Waals surface area contributed by atoms with Crippen molar-refractivity contribution in [3.8, 4) is 16.9 Å². The first-order chi connectivity index (χ1) is 11.7. The van der Waals surface area contributed by atoms with Crippen LogP contribution >= 0.6 is 0 Å². The van der Waals surface area contributed by atoms with Crippen LogP contribution in [0.2, 0.25) is 0 Å². The summed E-state index contributed by atoms with van der Waals surface area (Å²) < 4.78 is 38.1. The maximum atomic E-state index is 12.7. The Balaban J connectivity index is 2.59. The number of alkyl halides is 3. The molecule has 130 valence electrons. The number of hydrogen-bond acceptors (Lipinski definition) is 3. The van der Waals surface area contributed by atoms with E-state index in [1.807, 2.05) is 0 Å². The molecule has 2 aromatic rings. The summed E-state index contributed by atoms with van der Waals surface area (Å²) >= 11 is 0. The number of carbonyl (C=O) groups is 1. The number of carboxylic acids is 1. The van der Waals surface area contributed by atoms with Crippen molar-refractivity contribution in [1.82, 2.24) is 0 Å². The molecular weight excluding hydrogens is 337 g/mol. The van der Waals surface area contributed by atoms with Crippen LogP contribution in [-0.2, 0) is 28.6 Å². The van der Waals surface area contributed by atoms with Crippen LogP contribution in [0, 0.1) is 0 Å². The molecule has 0 bridgehead atoms. The second kappa shape index (κ2) is 7.23. The van der Waals surface area contributed by atoms with Gasteiger partial charge in [-0.3, -0.25) is 4.79 Å². The molecule has 0 atom stereocenters. The number of carbonyl (C=O) groups excluding carboxylic acids is 1. The smallest absolute Gasteiger partial charge is 0.416 e. The lowest BCUT2D eigenvalue weighted by atomic mass is 9.92. The van der Waals surface area contributed by atoms with Crippen LogP contribution in [0.1, 0.15) is 16.7 Å². The highest BCUT2D eigenvalue weighted by atomic mass is 19.4. The predicted molar refractivity (Wildman–Crippen MR) is 83.9 cm³/mol.